The maximum Gasteiger partial charge on any atom is 0.279 e. The van der Waals surface area contributed by atoms with Crippen molar-refractivity contribution in [3.05, 3.63) is 114 Å². The van der Waals surface area contributed by atoms with E-state index in [1.807, 2.05) is 0 Å². The lowest BCUT2D eigenvalue weighted by Crippen LogP contribution is -2.15. The minimum atomic E-state index is -4.26. The van der Waals surface area contributed by atoms with Crippen LogP contribution in [0.15, 0.2) is 90.2 Å². The molecule has 4 N–H and O–H groups in total. The number of rotatable bonds is 9. The number of nitrogen functional groups attached to an aromatic ring is 1. The zero-order chi connectivity index (χ0) is 31.9. The van der Waals surface area contributed by atoms with E-state index < -0.39 is 27.4 Å². The second-order valence-corrected chi connectivity index (χ2v) is 11.5. The summed E-state index contributed by atoms with van der Waals surface area (Å²) >= 11 is 0. The smallest absolute Gasteiger partial charge is 0.279 e. The first-order valence-electron chi connectivity index (χ1n) is 13.3. The number of nitrogens with two attached hydrogens (primary N) is 1. The van der Waals surface area contributed by atoms with Gasteiger partial charge in [0.2, 0.25) is 5.78 Å². The number of fused-ring (bicyclic) bond motifs is 1. The number of aromatic nitrogens is 4. The van der Waals surface area contributed by atoms with Crippen LogP contribution in [0.25, 0.3) is 16.6 Å². The van der Waals surface area contributed by atoms with E-state index in [4.69, 9.17) is 15.2 Å². The van der Waals surface area contributed by atoms with Gasteiger partial charge in [-0.2, -0.15) is 13.5 Å². The van der Waals surface area contributed by atoms with Crippen molar-refractivity contribution in [3.8, 4) is 22.9 Å². The van der Waals surface area contributed by atoms with Crippen LogP contribution >= 0.6 is 0 Å². The summed E-state index contributed by atoms with van der Waals surface area (Å²) < 4.78 is 68.9. The van der Waals surface area contributed by atoms with E-state index in [2.05, 4.69) is 19.8 Å². The van der Waals surface area contributed by atoms with Gasteiger partial charge in [-0.3, -0.25) is 9.52 Å². The molecule has 11 nitrogen and oxygen atoms in total. The first-order chi connectivity index (χ1) is 21.5. The Labute approximate surface area is 255 Å². The summed E-state index contributed by atoms with van der Waals surface area (Å²) in [4.78, 5) is 20.2. The van der Waals surface area contributed by atoms with Gasteiger partial charge in [0.1, 0.15) is 23.1 Å². The molecule has 6 rings (SSSR count). The van der Waals surface area contributed by atoms with E-state index in [1.165, 1.54) is 60.6 Å². The van der Waals surface area contributed by atoms with Gasteiger partial charge in [-0.05, 0) is 67.1 Å². The van der Waals surface area contributed by atoms with Gasteiger partial charge in [0, 0.05) is 23.2 Å². The Hall–Kier alpha value is -5.76. The Bertz CT molecular complexity index is 2210. The predicted octanol–water partition coefficient (Wildman–Crippen LogP) is 5.75. The van der Waals surface area contributed by atoms with E-state index in [1.54, 1.807) is 37.3 Å². The number of halogens is 2. The number of nitrogens with one attached hydrogen (secondary N) is 2. The molecule has 0 bridgehead atoms. The summed E-state index contributed by atoms with van der Waals surface area (Å²) in [5.41, 5.74) is 7.71. The van der Waals surface area contributed by atoms with E-state index in [9.17, 15) is 22.0 Å². The summed E-state index contributed by atoms with van der Waals surface area (Å²) in [6.07, 6.45) is 2.57. The van der Waals surface area contributed by atoms with Gasteiger partial charge in [-0.15, -0.1) is 0 Å². The Balaban J connectivity index is 1.25. The van der Waals surface area contributed by atoms with Crippen molar-refractivity contribution in [2.24, 2.45) is 0 Å². The van der Waals surface area contributed by atoms with Crippen LogP contribution in [-0.4, -0.2) is 41.1 Å². The number of aryl methyl sites for hydroxylation is 1. The molecule has 6 aromatic rings. The maximum absolute atomic E-state index is 15.0. The minimum Gasteiger partial charge on any atom is -0.497 e. The lowest BCUT2D eigenvalue weighted by atomic mass is 10.1. The van der Waals surface area contributed by atoms with Crippen LogP contribution in [0, 0.1) is 18.6 Å². The molecule has 0 atom stereocenters. The van der Waals surface area contributed by atoms with Crippen LogP contribution in [0.4, 0.5) is 20.3 Å². The number of sulfonamides is 1. The van der Waals surface area contributed by atoms with Crippen LogP contribution in [0.5, 0.6) is 17.2 Å². The lowest BCUT2D eigenvalue weighted by molar-refractivity contribution is 0.103. The SMILES string of the molecule is COc1ccnc(S(=O)(=O)Nc2cc3[nH]c(C(=O)c4cnn(-c5ccc(Oc6ccccc6F)cc5C)c4N)cc3cc2F)c1. The van der Waals surface area contributed by atoms with Gasteiger partial charge in [-0.1, -0.05) is 12.1 Å². The molecule has 0 radical (unpaired) electrons. The molecule has 0 saturated carbocycles. The molecule has 3 aromatic heterocycles. The van der Waals surface area contributed by atoms with Crippen LogP contribution in [-0.2, 0) is 10.0 Å². The average Bonchev–Trinajstić information content (AvgIpc) is 3.61. The van der Waals surface area contributed by atoms with Gasteiger partial charge < -0.3 is 20.2 Å². The molecule has 0 saturated heterocycles. The quantitative estimate of drug-likeness (QED) is 0.171. The Morgan fingerprint density at radius 2 is 1.80 bits per heavy atom. The zero-order valence-electron chi connectivity index (χ0n) is 23.7. The Kier molecular flexibility index (Phi) is 7.42. The van der Waals surface area contributed by atoms with Crippen molar-refractivity contribution in [2.45, 2.75) is 11.9 Å². The fourth-order valence-electron chi connectivity index (χ4n) is 4.67. The highest BCUT2D eigenvalue weighted by Gasteiger charge is 2.23. The topological polar surface area (TPSA) is 154 Å². The van der Waals surface area contributed by atoms with Crippen molar-refractivity contribution in [3.63, 3.8) is 0 Å². The van der Waals surface area contributed by atoms with Crippen molar-refractivity contribution < 1.29 is 31.5 Å². The fraction of sp³-hybridized carbons (Fsp3) is 0.0645. The highest BCUT2D eigenvalue weighted by atomic mass is 32.2. The normalized spacial score (nSPS) is 11.5. The summed E-state index contributed by atoms with van der Waals surface area (Å²) in [7, 11) is -2.88. The number of hydrogen-bond acceptors (Lipinski definition) is 8. The van der Waals surface area contributed by atoms with Crippen LogP contribution < -0.4 is 19.9 Å². The highest BCUT2D eigenvalue weighted by molar-refractivity contribution is 7.92. The van der Waals surface area contributed by atoms with E-state index in [-0.39, 0.29) is 39.3 Å². The lowest BCUT2D eigenvalue weighted by Gasteiger charge is -2.12. The molecule has 0 fully saturated rings. The minimum absolute atomic E-state index is 0.0509. The first-order valence-corrected chi connectivity index (χ1v) is 14.8. The number of methoxy groups -OCH3 is 1. The molecule has 0 spiro atoms. The van der Waals surface area contributed by atoms with Gasteiger partial charge >= 0.3 is 0 Å². The monoisotopic (exact) mass is 630 g/mol. The van der Waals surface area contributed by atoms with Crippen molar-refractivity contribution in [2.75, 3.05) is 17.6 Å². The zero-order valence-corrected chi connectivity index (χ0v) is 24.5. The first kappa shape index (κ1) is 29.3. The van der Waals surface area contributed by atoms with Crippen LogP contribution in [0.1, 0.15) is 21.6 Å². The third-order valence-electron chi connectivity index (χ3n) is 6.93. The van der Waals surface area contributed by atoms with Gasteiger partial charge in [0.05, 0.1) is 35.9 Å². The number of anilines is 2. The molecule has 45 heavy (non-hydrogen) atoms. The molecule has 0 unspecified atom stereocenters. The average molecular weight is 631 g/mol. The molecule has 228 valence electrons. The third-order valence-corrected chi connectivity index (χ3v) is 8.19. The molecular formula is C31H24F2N6O5S. The summed E-state index contributed by atoms with van der Waals surface area (Å²) in [6, 6.07) is 17.5. The van der Waals surface area contributed by atoms with Gasteiger partial charge in [0.15, 0.2) is 16.6 Å². The predicted molar refractivity (Wildman–Crippen MR) is 162 cm³/mol. The summed E-state index contributed by atoms with van der Waals surface area (Å²) in [5, 5.41) is 4.25. The van der Waals surface area contributed by atoms with Crippen molar-refractivity contribution in [1.29, 1.82) is 0 Å². The number of nitrogens with zero attached hydrogens (tertiary/aromatic N) is 3. The molecule has 0 amide bonds. The number of pyridine rings is 1. The number of H-pyrrole nitrogens is 1. The molecule has 3 heterocycles. The standard InChI is InChI=1S/C31H24F2N6O5S/c1-17-11-20(44-28-6-4-3-5-22(28)32)7-8-27(17)39-31(34)21(16-36-39)30(40)26-13-18-12-23(33)25(15-24(18)37-26)38-45(41,42)29-14-19(43-2)9-10-35-29/h3-16,37-38H,34H2,1-2H3. The van der Waals surface area contributed by atoms with Crippen LogP contribution in [0.3, 0.4) is 0 Å². The molecule has 14 heteroatoms. The molecule has 0 aliphatic heterocycles. The summed E-state index contributed by atoms with van der Waals surface area (Å²) in [5.74, 6) is -1.09. The van der Waals surface area contributed by atoms with Crippen molar-refractivity contribution >= 4 is 38.2 Å². The van der Waals surface area contributed by atoms with Crippen LogP contribution in [0.2, 0.25) is 0 Å². The number of hydrogen-bond donors (Lipinski definition) is 3. The van der Waals surface area contributed by atoms with E-state index in [0.29, 0.717) is 27.9 Å². The molecular weight excluding hydrogens is 606 g/mol. The van der Waals surface area contributed by atoms with E-state index >= 15 is 0 Å². The number of ether oxygens (including phenoxy) is 2. The maximum atomic E-state index is 15.0. The number of aromatic amines is 1. The third kappa shape index (κ3) is 5.65. The number of carbonyl (C=O) groups excluding carboxylic acids is 1. The van der Waals surface area contributed by atoms with Crippen molar-refractivity contribution in [1.82, 2.24) is 19.7 Å². The largest absolute Gasteiger partial charge is 0.497 e. The second kappa shape index (κ2) is 11.4. The Morgan fingerprint density at radius 1 is 1.00 bits per heavy atom. The molecule has 0 aliphatic carbocycles. The number of ketones is 1. The molecule has 0 aliphatic rings. The number of carbonyl (C=O) groups is 1. The van der Waals surface area contributed by atoms with Gasteiger partial charge in [-0.25, -0.2) is 18.4 Å². The van der Waals surface area contributed by atoms with E-state index in [0.717, 1.165) is 6.07 Å². The molecule has 3 aromatic carbocycles. The fourth-order valence-corrected chi connectivity index (χ4v) is 5.69. The second-order valence-electron chi connectivity index (χ2n) is 9.91. The summed E-state index contributed by atoms with van der Waals surface area (Å²) in [6.45, 7) is 1.79. The Morgan fingerprint density at radius 3 is 2.56 bits per heavy atom. The van der Waals surface area contributed by atoms with Gasteiger partial charge in [0.25, 0.3) is 10.0 Å². The number of para-hydroxylation sites is 1. The highest BCUT2D eigenvalue weighted by Crippen LogP contribution is 2.30. The number of benzene rings is 3.